The van der Waals surface area contributed by atoms with Crippen LogP contribution in [0.25, 0.3) is 11.6 Å². The molecule has 0 aliphatic heterocycles. The summed E-state index contributed by atoms with van der Waals surface area (Å²) in [6.45, 7) is 4.24. The molecule has 0 fully saturated rings. The van der Waals surface area contributed by atoms with E-state index in [0.717, 1.165) is 17.8 Å². The Labute approximate surface area is 148 Å². The van der Waals surface area contributed by atoms with Gasteiger partial charge in [0, 0.05) is 18.8 Å². The molecular weight excluding hydrogens is 342 g/mol. The van der Waals surface area contributed by atoms with Gasteiger partial charge in [0.25, 0.3) is 0 Å². The van der Waals surface area contributed by atoms with E-state index >= 15 is 0 Å². The van der Waals surface area contributed by atoms with Crippen LogP contribution in [-0.4, -0.2) is 26.2 Å². The van der Waals surface area contributed by atoms with Gasteiger partial charge < -0.3 is 14.3 Å². The normalized spacial score (nSPS) is 11.2. The Hall–Kier alpha value is -2.55. The third kappa shape index (κ3) is 4.30. The molecule has 8 nitrogen and oxygen atoms in total. The maximum Gasteiger partial charge on any atom is 0.238 e. The molecule has 3 rings (SSSR count). The molecule has 0 bridgehead atoms. The van der Waals surface area contributed by atoms with Crippen LogP contribution in [0, 0.1) is 0 Å². The summed E-state index contributed by atoms with van der Waals surface area (Å²) in [5.41, 5.74) is 0. The summed E-state index contributed by atoms with van der Waals surface area (Å²) in [5, 5.41) is 16.3. The fraction of sp³-hybridized carbons (Fsp3) is 0.438. The quantitative estimate of drug-likeness (QED) is 0.652. The van der Waals surface area contributed by atoms with Crippen molar-refractivity contribution in [2.75, 3.05) is 5.32 Å². The Kier molecular flexibility index (Phi) is 5.54. The topological polar surface area (TPSA) is 107 Å². The van der Waals surface area contributed by atoms with E-state index < -0.39 is 0 Å². The number of nitrogens with one attached hydrogen (secondary N) is 1. The summed E-state index contributed by atoms with van der Waals surface area (Å²) < 4.78 is 10.3. The number of aryl methyl sites for hydroxylation is 1. The van der Waals surface area contributed by atoms with E-state index in [0.29, 0.717) is 34.9 Å². The Bertz CT molecular complexity index is 807. The van der Waals surface area contributed by atoms with Gasteiger partial charge in [-0.2, -0.15) is 4.98 Å². The molecule has 3 heterocycles. The Balaban J connectivity index is 1.51. The minimum Gasteiger partial charge on any atom is -0.461 e. The van der Waals surface area contributed by atoms with E-state index in [1.807, 2.05) is 0 Å². The van der Waals surface area contributed by atoms with E-state index in [1.165, 1.54) is 17.6 Å². The lowest BCUT2D eigenvalue weighted by Gasteiger charge is -2.05. The second-order valence-electron chi connectivity index (χ2n) is 5.50. The second-order valence-corrected chi connectivity index (χ2v) is 6.51. The van der Waals surface area contributed by atoms with Crippen molar-refractivity contribution < 1.29 is 13.7 Å². The molecule has 3 aromatic heterocycles. The van der Waals surface area contributed by atoms with E-state index in [4.69, 9.17) is 8.94 Å². The molecule has 0 aliphatic carbocycles. The highest BCUT2D eigenvalue weighted by Gasteiger charge is 2.16. The van der Waals surface area contributed by atoms with Crippen LogP contribution in [0.3, 0.4) is 0 Å². The van der Waals surface area contributed by atoms with Gasteiger partial charge in [-0.15, -0.1) is 10.2 Å². The summed E-state index contributed by atoms with van der Waals surface area (Å²) in [7, 11) is 0. The zero-order valence-corrected chi connectivity index (χ0v) is 14.9. The smallest absolute Gasteiger partial charge is 0.238 e. The van der Waals surface area contributed by atoms with Gasteiger partial charge in [-0.3, -0.25) is 4.79 Å². The first-order chi connectivity index (χ1) is 12.2. The Morgan fingerprint density at radius 2 is 2.16 bits per heavy atom. The van der Waals surface area contributed by atoms with Crippen molar-refractivity contribution in [2.24, 2.45) is 0 Å². The van der Waals surface area contributed by atoms with Crippen LogP contribution in [0.1, 0.15) is 49.9 Å². The minimum absolute atomic E-state index is 0.162. The van der Waals surface area contributed by atoms with E-state index in [9.17, 15) is 4.79 Å². The Morgan fingerprint density at radius 1 is 1.32 bits per heavy atom. The van der Waals surface area contributed by atoms with E-state index in [2.05, 4.69) is 39.5 Å². The molecular formula is C16H19N5O3S. The standard InChI is InChI=1S/C16H19N5O3S/c1-3-10(4-2)15-19-20-16(25-15)17-12(22)7-8-13-18-14(21-24-13)11-6-5-9-23-11/h5-6,9-10H,3-4,7-8H2,1-2H3,(H,17,20,22). The summed E-state index contributed by atoms with van der Waals surface area (Å²) >= 11 is 1.42. The number of carbonyl (C=O) groups excluding carboxylic acids is 1. The number of nitrogens with zero attached hydrogens (tertiary/aromatic N) is 4. The predicted octanol–water partition coefficient (Wildman–Crippen LogP) is 3.66. The van der Waals surface area contributed by atoms with Crippen LogP contribution >= 0.6 is 11.3 Å². The number of carbonyl (C=O) groups is 1. The molecule has 0 spiro atoms. The van der Waals surface area contributed by atoms with Crippen molar-refractivity contribution in [1.29, 1.82) is 0 Å². The average molecular weight is 361 g/mol. The average Bonchev–Trinajstić information content (AvgIpc) is 3.35. The SMILES string of the molecule is CCC(CC)c1nnc(NC(=O)CCc2nc(-c3ccco3)no2)s1. The number of rotatable bonds is 8. The highest BCUT2D eigenvalue weighted by molar-refractivity contribution is 7.15. The first-order valence-electron chi connectivity index (χ1n) is 8.19. The van der Waals surface area contributed by atoms with Gasteiger partial charge in [0.15, 0.2) is 5.76 Å². The number of furan rings is 1. The summed E-state index contributed by atoms with van der Waals surface area (Å²) in [6, 6.07) is 3.49. The van der Waals surface area contributed by atoms with Crippen LogP contribution in [-0.2, 0) is 11.2 Å². The van der Waals surface area contributed by atoms with Gasteiger partial charge in [-0.05, 0) is 25.0 Å². The fourth-order valence-corrected chi connectivity index (χ4v) is 3.38. The van der Waals surface area contributed by atoms with Gasteiger partial charge in [-0.1, -0.05) is 30.3 Å². The van der Waals surface area contributed by atoms with E-state index in [1.54, 1.807) is 12.1 Å². The van der Waals surface area contributed by atoms with Crippen LogP contribution in [0.4, 0.5) is 5.13 Å². The molecule has 9 heteroatoms. The molecule has 0 saturated heterocycles. The summed E-state index contributed by atoms with van der Waals surface area (Å²) in [4.78, 5) is 16.3. The van der Waals surface area contributed by atoms with Crippen LogP contribution in [0.5, 0.6) is 0 Å². The minimum atomic E-state index is -0.162. The van der Waals surface area contributed by atoms with Gasteiger partial charge in [-0.25, -0.2) is 0 Å². The summed E-state index contributed by atoms with van der Waals surface area (Å²) in [6.07, 6.45) is 4.12. The third-order valence-corrected chi connectivity index (χ3v) is 4.80. The summed E-state index contributed by atoms with van der Waals surface area (Å²) in [5.74, 6) is 1.52. The lowest BCUT2D eigenvalue weighted by atomic mass is 10.1. The maximum atomic E-state index is 12.1. The second kappa shape index (κ2) is 8.02. The number of aromatic nitrogens is 4. The lowest BCUT2D eigenvalue weighted by molar-refractivity contribution is -0.116. The lowest BCUT2D eigenvalue weighted by Crippen LogP contribution is -2.12. The van der Waals surface area contributed by atoms with Crippen LogP contribution in [0.2, 0.25) is 0 Å². The predicted molar refractivity (Wildman–Crippen MR) is 92.2 cm³/mol. The highest BCUT2D eigenvalue weighted by Crippen LogP contribution is 2.28. The van der Waals surface area contributed by atoms with Gasteiger partial charge in [0.2, 0.25) is 22.8 Å². The van der Waals surface area contributed by atoms with Crippen molar-refractivity contribution in [3.8, 4) is 11.6 Å². The molecule has 25 heavy (non-hydrogen) atoms. The molecule has 0 aromatic carbocycles. The first kappa shape index (κ1) is 17.3. The van der Waals surface area contributed by atoms with Gasteiger partial charge in [0.05, 0.1) is 6.26 Å². The molecule has 0 atom stereocenters. The molecule has 1 amide bonds. The fourth-order valence-electron chi connectivity index (χ4n) is 2.35. The highest BCUT2D eigenvalue weighted by atomic mass is 32.1. The van der Waals surface area contributed by atoms with E-state index in [-0.39, 0.29) is 12.3 Å². The molecule has 0 radical (unpaired) electrons. The van der Waals surface area contributed by atoms with Crippen LogP contribution in [0.15, 0.2) is 27.3 Å². The van der Waals surface area contributed by atoms with Crippen molar-refractivity contribution in [3.63, 3.8) is 0 Å². The molecule has 0 unspecified atom stereocenters. The maximum absolute atomic E-state index is 12.1. The van der Waals surface area contributed by atoms with Crippen molar-refractivity contribution in [1.82, 2.24) is 20.3 Å². The van der Waals surface area contributed by atoms with Crippen molar-refractivity contribution >= 4 is 22.4 Å². The Morgan fingerprint density at radius 3 is 2.88 bits per heavy atom. The molecule has 3 aromatic rings. The largest absolute Gasteiger partial charge is 0.461 e. The van der Waals surface area contributed by atoms with Gasteiger partial charge in [0.1, 0.15) is 5.01 Å². The van der Waals surface area contributed by atoms with Crippen molar-refractivity contribution in [3.05, 3.63) is 29.3 Å². The monoisotopic (exact) mass is 361 g/mol. The molecule has 0 saturated carbocycles. The molecule has 0 aliphatic rings. The number of amides is 1. The number of hydrogen-bond donors (Lipinski definition) is 1. The zero-order valence-electron chi connectivity index (χ0n) is 14.1. The van der Waals surface area contributed by atoms with Crippen molar-refractivity contribution in [2.45, 2.75) is 45.4 Å². The third-order valence-electron chi connectivity index (χ3n) is 3.80. The number of hydrogen-bond acceptors (Lipinski definition) is 8. The zero-order chi connectivity index (χ0) is 17.6. The number of anilines is 1. The first-order valence-corrected chi connectivity index (χ1v) is 9.01. The molecule has 1 N–H and O–H groups in total. The molecule has 132 valence electrons. The van der Waals surface area contributed by atoms with Gasteiger partial charge >= 0.3 is 0 Å². The van der Waals surface area contributed by atoms with Crippen LogP contribution < -0.4 is 5.32 Å².